The zero-order valence-electron chi connectivity index (χ0n) is 16.2. The highest BCUT2D eigenvalue weighted by atomic mass is 16.5. The first-order valence-electron chi connectivity index (χ1n) is 9.71. The number of rotatable bonds is 5. The van der Waals surface area contributed by atoms with Crippen molar-refractivity contribution in [1.29, 1.82) is 0 Å². The molecule has 7 nitrogen and oxygen atoms in total. The molecule has 3 rings (SSSR count). The van der Waals surface area contributed by atoms with E-state index < -0.39 is 0 Å². The number of carbonyl (C=O) groups is 1. The van der Waals surface area contributed by atoms with E-state index in [4.69, 9.17) is 9.47 Å². The molecule has 2 heterocycles. The Morgan fingerprint density at radius 2 is 2.15 bits per heavy atom. The zero-order chi connectivity index (χ0) is 19.1. The van der Waals surface area contributed by atoms with E-state index in [1.807, 2.05) is 31.3 Å². The molecule has 2 saturated heterocycles. The molecule has 1 aromatic rings. The van der Waals surface area contributed by atoms with Gasteiger partial charge in [0.2, 0.25) is 0 Å². The van der Waals surface area contributed by atoms with Crippen LogP contribution in [-0.4, -0.2) is 75.9 Å². The maximum absolute atomic E-state index is 11.8. The molecule has 2 atom stereocenters. The highest BCUT2D eigenvalue weighted by molar-refractivity contribution is 5.94. The fourth-order valence-corrected chi connectivity index (χ4v) is 3.65. The standard InChI is InChI=1S/C20H30N4O3/c1-21-19(25)16-6-3-5-15(13-16)8-9-23-20(22-2)24-10-12-27-18(14-24)17-7-4-11-26-17/h3,5-6,13,17-18H,4,7-12,14H2,1-2H3,(H,21,25)(H,22,23). The summed E-state index contributed by atoms with van der Waals surface area (Å²) in [6.45, 7) is 3.92. The Morgan fingerprint density at radius 1 is 1.30 bits per heavy atom. The van der Waals surface area contributed by atoms with Crippen LogP contribution >= 0.6 is 0 Å². The van der Waals surface area contributed by atoms with Gasteiger partial charge in [0.1, 0.15) is 6.10 Å². The molecule has 2 aliphatic heterocycles. The minimum atomic E-state index is -0.0610. The smallest absolute Gasteiger partial charge is 0.251 e. The van der Waals surface area contributed by atoms with Gasteiger partial charge < -0.3 is 25.0 Å². The molecule has 2 N–H and O–H groups in total. The second kappa shape index (κ2) is 9.71. The van der Waals surface area contributed by atoms with Crippen LogP contribution in [0.3, 0.4) is 0 Å². The summed E-state index contributed by atoms with van der Waals surface area (Å²) in [7, 11) is 3.46. The molecule has 0 aliphatic carbocycles. The van der Waals surface area contributed by atoms with E-state index in [1.54, 1.807) is 7.05 Å². The van der Waals surface area contributed by atoms with E-state index in [0.29, 0.717) is 12.2 Å². The summed E-state index contributed by atoms with van der Waals surface area (Å²) in [4.78, 5) is 18.4. The molecule has 0 bridgehead atoms. The van der Waals surface area contributed by atoms with Crippen molar-refractivity contribution in [1.82, 2.24) is 15.5 Å². The Labute approximate surface area is 161 Å². The first kappa shape index (κ1) is 19.6. The lowest BCUT2D eigenvalue weighted by Gasteiger charge is -2.37. The fourth-order valence-electron chi connectivity index (χ4n) is 3.65. The van der Waals surface area contributed by atoms with Crippen molar-refractivity contribution in [3.8, 4) is 0 Å². The topological polar surface area (TPSA) is 75.2 Å². The molecule has 148 valence electrons. The fraction of sp³-hybridized carbons (Fsp3) is 0.600. The summed E-state index contributed by atoms with van der Waals surface area (Å²) in [6, 6.07) is 7.72. The van der Waals surface area contributed by atoms with Crippen LogP contribution in [0.15, 0.2) is 29.3 Å². The molecule has 2 fully saturated rings. The zero-order valence-corrected chi connectivity index (χ0v) is 16.2. The number of carbonyl (C=O) groups excluding carboxylic acids is 1. The Morgan fingerprint density at radius 3 is 2.89 bits per heavy atom. The van der Waals surface area contributed by atoms with Crippen molar-refractivity contribution in [3.63, 3.8) is 0 Å². The van der Waals surface area contributed by atoms with Crippen LogP contribution in [0.1, 0.15) is 28.8 Å². The number of nitrogens with one attached hydrogen (secondary N) is 2. The number of aliphatic imine (C=N–C) groups is 1. The van der Waals surface area contributed by atoms with Crippen molar-refractivity contribution in [2.45, 2.75) is 31.5 Å². The van der Waals surface area contributed by atoms with Crippen LogP contribution in [0.4, 0.5) is 0 Å². The molecule has 0 radical (unpaired) electrons. The van der Waals surface area contributed by atoms with Crippen molar-refractivity contribution in [2.24, 2.45) is 4.99 Å². The summed E-state index contributed by atoms with van der Waals surface area (Å²) < 4.78 is 11.7. The van der Waals surface area contributed by atoms with Crippen molar-refractivity contribution >= 4 is 11.9 Å². The Hall–Kier alpha value is -2.12. The summed E-state index contributed by atoms with van der Waals surface area (Å²) in [5.41, 5.74) is 1.81. The molecule has 0 aromatic heterocycles. The number of amides is 1. The molecule has 2 aliphatic rings. The largest absolute Gasteiger partial charge is 0.375 e. The van der Waals surface area contributed by atoms with Crippen LogP contribution in [-0.2, 0) is 15.9 Å². The van der Waals surface area contributed by atoms with Gasteiger partial charge in [-0.05, 0) is 37.0 Å². The first-order valence-corrected chi connectivity index (χ1v) is 9.71. The third-order valence-corrected chi connectivity index (χ3v) is 5.10. The molecule has 27 heavy (non-hydrogen) atoms. The lowest BCUT2D eigenvalue weighted by atomic mass is 10.1. The minimum Gasteiger partial charge on any atom is -0.375 e. The monoisotopic (exact) mass is 374 g/mol. The minimum absolute atomic E-state index is 0.0610. The van der Waals surface area contributed by atoms with E-state index in [1.165, 1.54) is 0 Å². The molecule has 1 amide bonds. The van der Waals surface area contributed by atoms with E-state index >= 15 is 0 Å². The van der Waals surface area contributed by atoms with Gasteiger partial charge in [-0.2, -0.15) is 0 Å². The molecule has 7 heteroatoms. The van der Waals surface area contributed by atoms with Crippen LogP contribution < -0.4 is 10.6 Å². The van der Waals surface area contributed by atoms with Crippen LogP contribution in [0, 0.1) is 0 Å². The number of benzene rings is 1. The van der Waals surface area contributed by atoms with E-state index in [9.17, 15) is 4.79 Å². The normalized spacial score (nSPS) is 23.3. The summed E-state index contributed by atoms with van der Waals surface area (Å²) in [5, 5.41) is 6.10. The average Bonchev–Trinajstić information content (AvgIpc) is 3.26. The molecule has 0 spiro atoms. The quantitative estimate of drug-likeness (QED) is 0.595. The Bertz CT molecular complexity index is 658. The lowest BCUT2D eigenvalue weighted by molar-refractivity contribution is -0.0816. The second-order valence-electron chi connectivity index (χ2n) is 6.91. The average molecular weight is 374 g/mol. The second-order valence-corrected chi connectivity index (χ2v) is 6.91. The van der Waals surface area contributed by atoms with E-state index in [0.717, 1.165) is 57.0 Å². The predicted molar refractivity (Wildman–Crippen MR) is 105 cm³/mol. The van der Waals surface area contributed by atoms with Gasteiger partial charge >= 0.3 is 0 Å². The van der Waals surface area contributed by atoms with Crippen LogP contribution in [0.25, 0.3) is 0 Å². The van der Waals surface area contributed by atoms with Crippen LogP contribution in [0.5, 0.6) is 0 Å². The van der Waals surface area contributed by atoms with Gasteiger partial charge in [-0.25, -0.2) is 0 Å². The number of hydrogen-bond donors (Lipinski definition) is 2. The first-order chi connectivity index (χ1) is 13.2. The molecule has 2 unspecified atom stereocenters. The van der Waals surface area contributed by atoms with Crippen molar-refractivity contribution in [2.75, 3.05) is 46.9 Å². The van der Waals surface area contributed by atoms with Gasteiger partial charge in [0.25, 0.3) is 5.91 Å². The highest BCUT2D eigenvalue weighted by Gasteiger charge is 2.32. The molecule has 0 saturated carbocycles. The van der Waals surface area contributed by atoms with Crippen molar-refractivity contribution < 1.29 is 14.3 Å². The van der Waals surface area contributed by atoms with Gasteiger partial charge in [0.15, 0.2) is 5.96 Å². The maximum Gasteiger partial charge on any atom is 0.251 e. The molecular weight excluding hydrogens is 344 g/mol. The molecule has 1 aromatic carbocycles. The number of hydrogen-bond acceptors (Lipinski definition) is 4. The van der Waals surface area contributed by atoms with Gasteiger partial charge in [0, 0.05) is 45.9 Å². The summed E-state index contributed by atoms with van der Waals surface area (Å²) >= 11 is 0. The van der Waals surface area contributed by atoms with E-state index in [-0.39, 0.29) is 18.1 Å². The Balaban J connectivity index is 1.51. The van der Waals surface area contributed by atoms with Gasteiger partial charge in [-0.3, -0.25) is 9.79 Å². The highest BCUT2D eigenvalue weighted by Crippen LogP contribution is 2.21. The summed E-state index contributed by atoms with van der Waals surface area (Å²) in [6.07, 6.45) is 3.34. The van der Waals surface area contributed by atoms with Gasteiger partial charge in [0.05, 0.1) is 12.7 Å². The van der Waals surface area contributed by atoms with Gasteiger partial charge in [-0.15, -0.1) is 0 Å². The maximum atomic E-state index is 11.8. The summed E-state index contributed by atoms with van der Waals surface area (Å²) in [5.74, 6) is 0.831. The SMILES string of the molecule is CN=C(NCCc1cccc(C(=O)NC)c1)N1CCOC(C2CCCO2)C1. The number of nitrogens with zero attached hydrogens (tertiary/aromatic N) is 2. The number of morpholine rings is 1. The third kappa shape index (κ3) is 5.20. The Kier molecular flexibility index (Phi) is 7.06. The lowest BCUT2D eigenvalue weighted by Crippen LogP contribution is -2.53. The predicted octanol–water partition coefficient (Wildman–Crippen LogP) is 1.04. The van der Waals surface area contributed by atoms with Crippen LogP contribution in [0.2, 0.25) is 0 Å². The number of ether oxygens (including phenoxy) is 2. The number of guanidine groups is 1. The molecular formula is C20H30N4O3. The van der Waals surface area contributed by atoms with E-state index in [2.05, 4.69) is 20.5 Å². The van der Waals surface area contributed by atoms with Gasteiger partial charge in [-0.1, -0.05) is 12.1 Å². The van der Waals surface area contributed by atoms with Crippen molar-refractivity contribution in [3.05, 3.63) is 35.4 Å². The third-order valence-electron chi connectivity index (χ3n) is 5.10.